The zero-order valence-electron chi connectivity index (χ0n) is 8.78. The van der Waals surface area contributed by atoms with E-state index in [9.17, 15) is 10.1 Å². The zero-order chi connectivity index (χ0) is 12.0. The predicted molar refractivity (Wildman–Crippen MR) is 64.6 cm³/mol. The maximum absolute atomic E-state index is 10.8. The van der Waals surface area contributed by atoms with Gasteiger partial charge in [-0.05, 0) is 25.1 Å². The molecule has 1 rings (SSSR count). The van der Waals surface area contributed by atoms with Crippen molar-refractivity contribution in [2.24, 2.45) is 0 Å². The topological polar surface area (TPSA) is 55.2 Å². The van der Waals surface area contributed by atoms with E-state index in [2.05, 4.69) is 11.9 Å². The van der Waals surface area contributed by atoms with Crippen molar-refractivity contribution in [3.8, 4) is 0 Å². The van der Waals surface area contributed by atoms with Crippen LogP contribution in [0.4, 0.5) is 5.69 Å². The van der Waals surface area contributed by atoms with Gasteiger partial charge in [0.05, 0.1) is 4.92 Å². The Kier molecular flexibility index (Phi) is 4.95. The molecule has 0 radical (unpaired) electrons. The van der Waals surface area contributed by atoms with Gasteiger partial charge in [0.25, 0.3) is 5.69 Å². The van der Waals surface area contributed by atoms with Crippen LogP contribution >= 0.6 is 11.6 Å². The van der Waals surface area contributed by atoms with Crippen LogP contribution in [0.25, 0.3) is 0 Å². The molecular formula is C11H13ClN2O2. The lowest BCUT2D eigenvalue weighted by Gasteiger charge is -2.04. The summed E-state index contributed by atoms with van der Waals surface area (Å²) < 4.78 is 0. The molecule has 86 valence electrons. The molecule has 0 unspecified atom stereocenters. The van der Waals surface area contributed by atoms with Gasteiger partial charge in [0.2, 0.25) is 0 Å². The maximum atomic E-state index is 10.8. The van der Waals surface area contributed by atoms with Crippen LogP contribution < -0.4 is 5.32 Å². The highest BCUT2D eigenvalue weighted by Gasteiger charge is 2.13. The highest BCUT2D eigenvalue weighted by atomic mass is 35.5. The van der Waals surface area contributed by atoms with Crippen molar-refractivity contribution in [2.75, 3.05) is 6.54 Å². The van der Waals surface area contributed by atoms with Crippen LogP contribution in [-0.4, -0.2) is 11.5 Å². The first-order valence-electron chi connectivity index (χ1n) is 4.89. The highest BCUT2D eigenvalue weighted by molar-refractivity contribution is 6.30. The minimum atomic E-state index is -0.420. The summed E-state index contributed by atoms with van der Waals surface area (Å²) in [5, 5.41) is 14.2. The summed E-state index contributed by atoms with van der Waals surface area (Å²) >= 11 is 5.71. The van der Waals surface area contributed by atoms with E-state index in [1.54, 1.807) is 18.2 Å². The number of nitrogens with one attached hydrogen (secondary N) is 1. The Morgan fingerprint density at radius 2 is 2.31 bits per heavy atom. The van der Waals surface area contributed by atoms with Crippen LogP contribution in [0.3, 0.4) is 0 Å². The minimum absolute atomic E-state index is 0.0543. The molecule has 1 aromatic rings. The van der Waals surface area contributed by atoms with Crippen LogP contribution in [0.15, 0.2) is 30.9 Å². The van der Waals surface area contributed by atoms with Gasteiger partial charge in [-0.1, -0.05) is 17.7 Å². The predicted octanol–water partition coefficient (Wildman–Crippen LogP) is 2.91. The van der Waals surface area contributed by atoms with E-state index in [0.29, 0.717) is 17.1 Å². The van der Waals surface area contributed by atoms with Gasteiger partial charge in [0, 0.05) is 23.2 Å². The number of nitro groups is 1. The molecule has 16 heavy (non-hydrogen) atoms. The number of rotatable bonds is 6. The molecule has 0 bridgehead atoms. The Balaban J connectivity index is 2.71. The summed E-state index contributed by atoms with van der Waals surface area (Å²) in [6.45, 7) is 4.81. The summed E-state index contributed by atoms with van der Waals surface area (Å²) in [6, 6.07) is 4.69. The Hall–Kier alpha value is -1.39. The molecule has 0 aromatic heterocycles. The summed E-state index contributed by atoms with van der Waals surface area (Å²) in [7, 11) is 0. The van der Waals surface area contributed by atoms with E-state index in [-0.39, 0.29) is 5.69 Å². The monoisotopic (exact) mass is 240 g/mol. The molecule has 0 spiro atoms. The average molecular weight is 241 g/mol. The fourth-order valence-corrected chi connectivity index (χ4v) is 1.45. The zero-order valence-corrected chi connectivity index (χ0v) is 9.54. The van der Waals surface area contributed by atoms with Gasteiger partial charge in [-0.15, -0.1) is 6.58 Å². The molecule has 0 aliphatic carbocycles. The molecule has 4 nitrogen and oxygen atoms in total. The minimum Gasteiger partial charge on any atom is -0.312 e. The summed E-state index contributed by atoms with van der Waals surface area (Å²) in [5.74, 6) is 0. The Labute approximate surface area is 99.1 Å². The first-order valence-corrected chi connectivity index (χ1v) is 5.27. The van der Waals surface area contributed by atoms with Crippen molar-refractivity contribution in [3.63, 3.8) is 0 Å². The largest absolute Gasteiger partial charge is 0.312 e. The lowest BCUT2D eigenvalue weighted by Crippen LogP contribution is -2.15. The smallest absolute Gasteiger partial charge is 0.275 e. The highest BCUT2D eigenvalue weighted by Crippen LogP contribution is 2.22. The first-order chi connectivity index (χ1) is 7.65. The number of hydrogen-bond donors (Lipinski definition) is 1. The standard InChI is InChI=1S/C11H13ClN2O2/c1-2-3-6-13-8-9-4-5-10(12)7-11(9)14(15)16/h2,4-5,7,13H,1,3,6,8H2. The quantitative estimate of drug-likeness (QED) is 0.360. The van der Waals surface area contributed by atoms with Crippen LogP contribution in [0.2, 0.25) is 5.02 Å². The number of nitro benzene ring substituents is 1. The Bertz CT molecular complexity index is 394. The molecule has 0 aliphatic rings. The van der Waals surface area contributed by atoms with Crippen molar-refractivity contribution in [3.05, 3.63) is 51.6 Å². The molecule has 5 heteroatoms. The average Bonchev–Trinajstić information content (AvgIpc) is 2.26. The van der Waals surface area contributed by atoms with Gasteiger partial charge in [0.1, 0.15) is 0 Å². The van der Waals surface area contributed by atoms with E-state index >= 15 is 0 Å². The Morgan fingerprint density at radius 3 is 2.94 bits per heavy atom. The summed E-state index contributed by atoms with van der Waals surface area (Å²) in [6.07, 6.45) is 2.63. The molecule has 0 heterocycles. The molecule has 0 atom stereocenters. The fraction of sp³-hybridized carbons (Fsp3) is 0.273. The second kappa shape index (κ2) is 6.25. The van der Waals surface area contributed by atoms with E-state index < -0.39 is 4.92 Å². The molecule has 1 aromatic carbocycles. The molecular weight excluding hydrogens is 228 g/mol. The lowest BCUT2D eigenvalue weighted by molar-refractivity contribution is -0.385. The number of benzene rings is 1. The summed E-state index contributed by atoms with van der Waals surface area (Å²) in [5.41, 5.74) is 0.692. The molecule has 0 aliphatic heterocycles. The number of nitrogens with zero attached hydrogens (tertiary/aromatic N) is 1. The van der Waals surface area contributed by atoms with Crippen LogP contribution in [-0.2, 0) is 6.54 Å². The van der Waals surface area contributed by atoms with Crippen molar-refractivity contribution >= 4 is 17.3 Å². The van der Waals surface area contributed by atoms with Crippen LogP contribution in [0.1, 0.15) is 12.0 Å². The number of hydrogen-bond acceptors (Lipinski definition) is 3. The Morgan fingerprint density at radius 1 is 1.56 bits per heavy atom. The van der Waals surface area contributed by atoms with Gasteiger partial charge in [-0.2, -0.15) is 0 Å². The van der Waals surface area contributed by atoms with Gasteiger partial charge in [-0.25, -0.2) is 0 Å². The van der Waals surface area contributed by atoms with Gasteiger partial charge < -0.3 is 5.32 Å². The third-order valence-electron chi connectivity index (χ3n) is 2.08. The lowest BCUT2D eigenvalue weighted by atomic mass is 10.2. The van der Waals surface area contributed by atoms with Gasteiger partial charge >= 0.3 is 0 Å². The number of halogens is 1. The fourth-order valence-electron chi connectivity index (χ4n) is 1.28. The van der Waals surface area contributed by atoms with E-state index in [4.69, 9.17) is 11.6 Å². The third kappa shape index (κ3) is 3.64. The van der Waals surface area contributed by atoms with Gasteiger partial charge in [0.15, 0.2) is 0 Å². The van der Waals surface area contributed by atoms with Crippen LogP contribution in [0.5, 0.6) is 0 Å². The van der Waals surface area contributed by atoms with E-state index in [1.165, 1.54) is 6.07 Å². The summed E-state index contributed by atoms with van der Waals surface area (Å²) in [4.78, 5) is 10.3. The van der Waals surface area contributed by atoms with Crippen molar-refractivity contribution < 1.29 is 4.92 Å². The molecule has 0 saturated heterocycles. The van der Waals surface area contributed by atoms with E-state index in [0.717, 1.165) is 13.0 Å². The van der Waals surface area contributed by atoms with Crippen molar-refractivity contribution in [1.82, 2.24) is 5.32 Å². The van der Waals surface area contributed by atoms with Crippen LogP contribution in [0, 0.1) is 10.1 Å². The SMILES string of the molecule is C=CCCNCc1ccc(Cl)cc1[N+](=O)[O-]. The normalized spacial score (nSPS) is 10.1. The molecule has 0 saturated carbocycles. The van der Waals surface area contributed by atoms with Crippen molar-refractivity contribution in [2.45, 2.75) is 13.0 Å². The second-order valence-electron chi connectivity index (χ2n) is 3.28. The van der Waals surface area contributed by atoms with Gasteiger partial charge in [-0.3, -0.25) is 10.1 Å². The molecule has 1 N–H and O–H groups in total. The van der Waals surface area contributed by atoms with Crippen molar-refractivity contribution in [1.29, 1.82) is 0 Å². The first kappa shape index (κ1) is 12.7. The molecule has 0 fully saturated rings. The second-order valence-corrected chi connectivity index (χ2v) is 3.72. The maximum Gasteiger partial charge on any atom is 0.275 e. The molecule has 0 amide bonds. The third-order valence-corrected chi connectivity index (χ3v) is 2.32. The van der Waals surface area contributed by atoms with E-state index in [1.807, 2.05) is 0 Å².